The van der Waals surface area contributed by atoms with Gasteiger partial charge in [-0.15, -0.1) is 0 Å². The normalized spacial score (nSPS) is 17.3. The summed E-state index contributed by atoms with van der Waals surface area (Å²) < 4.78 is 33.5. The van der Waals surface area contributed by atoms with E-state index in [2.05, 4.69) is 10.1 Å². The Labute approximate surface area is 174 Å². The molecule has 1 unspecified atom stereocenters. The number of nitrogens with zero attached hydrogens (tertiary/aromatic N) is 2. The Hall–Kier alpha value is -2.36. The lowest BCUT2D eigenvalue weighted by Gasteiger charge is -2.23. The second-order valence-corrected chi connectivity index (χ2v) is 9.21. The smallest absolute Gasteiger partial charge is 0.354 e. The fraction of sp³-hybridized carbons (Fsp3) is 0.368. The predicted octanol–water partition coefficient (Wildman–Crippen LogP) is 2.57. The van der Waals surface area contributed by atoms with Gasteiger partial charge in [-0.05, 0) is 43.5 Å². The molecular formula is C19H22ClN3O5S. The molecule has 1 aliphatic rings. The Kier molecular flexibility index (Phi) is 6.02. The SMILES string of the molecule is COC(=O)c1cc(S(=O)(=O)N2CCCC2C(=O)Nc2ccc(C)cc2Cl)cn1C. The predicted molar refractivity (Wildman–Crippen MR) is 108 cm³/mol. The fourth-order valence-corrected chi connectivity index (χ4v) is 5.36. The summed E-state index contributed by atoms with van der Waals surface area (Å²) >= 11 is 6.17. The van der Waals surface area contributed by atoms with E-state index in [4.69, 9.17) is 11.6 Å². The topological polar surface area (TPSA) is 97.7 Å². The Morgan fingerprint density at radius 1 is 1.28 bits per heavy atom. The Morgan fingerprint density at radius 2 is 2.00 bits per heavy atom. The van der Waals surface area contributed by atoms with E-state index in [0.29, 0.717) is 23.6 Å². The monoisotopic (exact) mass is 439 g/mol. The van der Waals surface area contributed by atoms with Crippen LogP contribution in [0.3, 0.4) is 0 Å². The number of aromatic nitrogens is 1. The van der Waals surface area contributed by atoms with Gasteiger partial charge in [0.1, 0.15) is 16.6 Å². The van der Waals surface area contributed by atoms with Crippen LogP contribution >= 0.6 is 11.6 Å². The van der Waals surface area contributed by atoms with Crippen molar-refractivity contribution in [2.75, 3.05) is 19.0 Å². The molecule has 1 aromatic carbocycles. The van der Waals surface area contributed by atoms with Crippen LogP contribution in [0, 0.1) is 6.92 Å². The van der Waals surface area contributed by atoms with Gasteiger partial charge >= 0.3 is 5.97 Å². The van der Waals surface area contributed by atoms with E-state index in [0.717, 1.165) is 5.56 Å². The van der Waals surface area contributed by atoms with E-state index in [9.17, 15) is 18.0 Å². The zero-order valence-electron chi connectivity index (χ0n) is 16.3. The molecule has 10 heteroatoms. The Bertz CT molecular complexity index is 1060. The van der Waals surface area contributed by atoms with Crippen LogP contribution in [0.15, 0.2) is 35.4 Å². The Morgan fingerprint density at radius 3 is 2.66 bits per heavy atom. The number of aryl methyl sites for hydroxylation is 2. The lowest BCUT2D eigenvalue weighted by molar-refractivity contribution is -0.119. The van der Waals surface area contributed by atoms with Gasteiger partial charge in [-0.3, -0.25) is 4.79 Å². The lowest BCUT2D eigenvalue weighted by atomic mass is 10.2. The van der Waals surface area contributed by atoms with Gasteiger partial charge in [0.05, 0.1) is 17.8 Å². The number of rotatable bonds is 5. The Balaban J connectivity index is 1.85. The number of ether oxygens (including phenoxy) is 1. The molecule has 1 atom stereocenters. The van der Waals surface area contributed by atoms with Gasteiger partial charge < -0.3 is 14.6 Å². The number of methoxy groups -OCH3 is 1. The van der Waals surface area contributed by atoms with Crippen molar-refractivity contribution < 1.29 is 22.7 Å². The number of halogens is 1. The molecule has 0 aliphatic carbocycles. The highest BCUT2D eigenvalue weighted by Gasteiger charge is 2.40. The van der Waals surface area contributed by atoms with Crippen molar-refractivity contribution in [3.8, 4) is 0 Å². The number of sulfonamides is 1. The van der Waals surface area contributed by atoms with Crippen LogP contribution in [0.4, 0.5) is 5.69 Å². The van der Waals surface area contributed by atoms with Gasteiger partial charge in [-0.2, -0.15) is 4.31 Å². The molecule has 2 heterocycles. The number of hydrogen-bond donors (Lipinski definition) is 1. The van der Waals surface area contributed by atoms with Crippen LogP contribution < -0.4 is 5.32 Å². The number of anilines is 1. The summed E-state index contributed by atoms with van der Waals surface area (Å²) in [6.07, 6.45) is 2.28. The van der Waals surface area contributed by atoms with E-state index < -0.39 is 27.9 Å². The molecule has 3 rings (SSSR count). The summed E-state index contributed by atoms with van der Waals surface area (Å²) in [7, 11) is -1.20. The van der Waals surface area contributed by atoms with Gasteiger partial charge in [-0.25, -0.2) is 13.2 Å². The molecule has 1 N–H and O–H groups in total. The first-order valence-corrected chi connectivity index (χ1v) is 10.8. The van der Waals surface area contributed by atoms with Crippen molar-refractivity contribution in [3.05, 3.63) is 46.7 Å². The highest BCUT2D eigenvalue weighted by atomic mass is 35.5. The van der Waals surface area contributed by atoms with Crippen LogP contribution in [-0.4, -0.2) is 48.9 Å². The van der Waals surface area contributed by atoms with Gasteiger partial charge in [0.15, 0.2) is 0 Å². The second kappa shape index (κ2) is 8.17. The quantitative estimate of drug-likeness (QED) is 0.722. The van der Waals surface area contributed by atoms with Crippen LogP contribution in [0.1, 0.15) is 28.9 Å². The molecule has 0 radical (unpaired) electrons. The van der Waals surface area contributed by atoms with Crippen LogP contribution in [-0.2, 0) is 26.6 Å². The zero-order valence-corrected chi connectivity index (χ0v) is 17.9. The largest absolute Gasteiger partial charge is 0.464 e. The van der Waals surface area contributed by atoms with E-state index in [1.165, 1.54) is 28.2 Å². The van der Waals surface area contributed by atoms with Crippen molar-refractivity contribution >= 4 is 39.2 Å². The number of carbonyl (C=O) groups excluding carboxylic acids is 2. The highest BCUT2D eigenvalue weighted by molar-refractivity contribution is 7.89. The van der Waals surface area contributed by atoms with Crippen molar-refractivity contribution in [2.45, 2.75) is 30.7 Å². The minimum absolute atomic E-state index is 0.0616. The zero-order chi connectivity index (χ0) is 21.3. The number of hydrogen-bond acceptors (Lipinski definition) is 5. The van der Waals surface area contributed by atoms with E-state index in [-0.39, 0.29) is 17.1 Å². The molecule has 1 aromatic heterocycles. The molecule has 0 spiro atoms. The third kappa shape index (κ3) is 4.17. The molecular weight excluding hydrogens is 418 g/mol. The van der Waals surface area contributed by atoms with Gasteiger partial charge in [0.25, 0.3) is 0 Å². The third-order valence-corrected chi connectivity index (χ3v) is 7.06. The molecule has 1 fully saturated rings. The van der Waals surface area contributed by atoms with Crippen molar-refractivity contribution in [3.63, 3.8) is 0 Å². The van der Waals surface area contributed by atoms with Crippen LogP contribution in [0.25, 0.3) is 0 Å². The van der Waals surface area contributed by atoms with Crippen molar-refractivity contribution in [1.29, 1.82) is 0 Å². The molecule has 156 valence electrons. The number of esters is 1. The maximum atomic E-state index is 13.1. The number of carbonyl (C=O) groups is 2. The summed E-state index contributed by atoms with van der Waals surface area (Å²) in [5.74, 6) is -1.08. The number of nitrogens with one attached hydrogen (secondary N) is 1. The van der Waals surface area contributed by atoms with Gasteiger partial charge in [0.2, 0.25) is 15.9 Å². The second-order valence-electron chi connectivity index (χ2n) is 6.91. The minimum Gasteiger partial charge on any atom is -0.464 e. The average molecular weight is 440 g/mol. The molecule has 0 saturated carbocycles. The van der Waals surface area contributed by atoms with Crippen molar-refractivity contribution in [2.24, 2.45) is 7.05 Å². The third-order valence-electron chi connectivity index (χ3n) is 4.87. The highest BCUT2D eigenvalue weighted by Crippen LogP contribution is 2.29. The van der Waals surface area contributed by atoms with Crippen molar-refractivity contribution in [1.82, 2.24) is 8.87 Å². The first-order valence-electron chi connectivity index (χ1n) is 8.98. The van der Waals surface area contributed by atoms with Gasteiger partial charge in [0, 0.05) is 19.8 Å². The van der Waals surface area contributed by atoms with Crippen LogP contribution in [0.2, 0.25) is 5.02 Å². The standard InChI is InChI=1S/C19H22ClN3O5S/c1-12-6-7-15(14(20)9-12)21-18(24)16-5-4-8-23(16)29(26,27)13-10-17(19(25)28-3)22(2)11-13/h6-7,9-11,16H,4-5,8H2,1-3H3,(H,21,24). The molecule has 2 aromatic rings. The maximum absolute atomic E-state index is 13.1. The fourth-order valence-electron chi connectivity index (χ4n) is 3.35. The maximum Gasteiger partial charge on any atom is 0.354 e. The molecule has 8 nitrogen and oxygen atoms in total. The lowest BCUT2D eigenvalue weighted by Crippen LogP contribution is -2.43. The van der Waals surface area contributed by atoms with E-state index in [1.54, 1.807) is 19.2 Å². The summed E-state index contributed by atoms with van der Waals surface area (Å²) in [6, 6.07) is 5.61. The molecule has 1 aliphatic heterocycles. The number of benzene rings is 1. The van der Waals surface area contributed by atoms with E-state index >= 15 is 0 Å². The summed E-state index contributed by atoms with van der Waals surface area (Å²) in [6.45, 7) is 2.09. The summed E-state index contributed by atoms with van der Waals surface area (Å²) in [5.41, 5.74) is 1.49. The summed E-state index contributed by atoms with van der Waals surface area (Å²) in [5, 5.41) is 3.11. The number of amides is 1. The summed E-state index contributed by atoms with van der Waals surface area (Å²) in [4.78, 5) is 24.5. The molecule has 1 amide bonds. The van der Waals surface area contributed by atoms with Gasteiger partial charge in [-0.1, -0.05) is 17.7 Å². The first kappa shape index (κ1) is 21.4. The minimum atomic E-state index is -3.97. The average Bonchev–Trinajstić information content (AvgIpc) is 3.31. The first-order chi connectivity index (χ1) is 13.6. The molecule has 29 heavy (non-hydrogen) atoms. The van der Waals surface area contributed by atoms with E-state index in [1.807, 2.05) is 13.0 Å². The van der Waals surface area contributed by atoms with Crippen LogP contribution in [0.5, 0.6) is 0 Å². The molecule has 1 saturated heterocycles. The molecule has 0 bridgehead atoms.